The van der Waals surface area contributed by atoms with Crippen molar-refractivity contribution < 1.29 is 15.0 Å². The number of rotatable bonds is 1. The summed E-state index contributed by atoms with van der Waals surface area (Å²) in [5.74, 6) is -0.932. The van der Waals surface area contributed by atoms with Crippen molar-refractivity contribution in [2.75, 3.05) is 6.54 Å². The maximum absolute atomic E-state index is 10.3. The van der Waals surface area contributed by atoms with Crippen LogP contribution >= 0.6 is 0 Å². The molecule has 1 unspecified atom stereocenters. The first-order chi connectivity index (χ1) is 4.63. The molecule has 3 atom stereocenters. The Bertz CT molecular complexity index is 148. The normalized spacial score (nSPS) is 40.0. The van der Waals surface area contributed by atoms with E-state index in [1.807, 2.05) is 6.92 Å². The molecule has 58 valence electrons. The molecule has 0 spiro atoms. The summed E-state index contributed by atoms with van der Waals surface area (Å²) in [6.45, 7) is 2.40. The molecule has 0 aliphatic carbocycles. The molecule has 0 saturated carbocycles. The van der Waals surface area contributed by atoms with E-state index in [0.717, 1.165) is 0 Å². The van der Waals surface area contributed by atoms with Crippen LogP contribution in [0.3, 0.4) is 0 Å². The van der Waals surface area contributed by atoms with E-state index in [9.17, 15) is 9.90 Å². The molecule has 0 aromatic heterocycles. The monoisotopic (exact) mass is 145 g/mol. The fourth-order valence-corrected chi connectivity index (χ4v) is 1.12. The smallest absolute Gasteiger partial charge is 0.323 e. The minimum Gasteiger partial charge on any atom is -0.480 e. The van der Waals surface area contributed by atoms with Crippen LogP contribution in [0.5, 0.6) is 0 Å². The van der Waals surface area contributed by atoms with E-state index in [4.69, 9.17) is 5.11 Å². The first-order valence-electron chi connectivity index (χ1n) is 3.27. The lowest BCUT2D eigenvalue weighted by Crippen LogP contribution is -2.38. The van der Waals surface area contributed by atoms with E-state index in [1.54, 1.807) is 0 Å². The van der Waals surface area contributed by atoms with Crippen molar-refractivity contribution in [3.8, 4) is 0 Å². The molecule has 10 heavy (non-hydrogen) atoms. The van der Waals surface area contributed by atoms with Crippen molar-refractivity contribution in [2.24, 2.45) is 5.92 Å². The molecule has 1 saturated heterocycles. The zero-order valence-corrected chi connectivity index (χ0v) is 5.74. The third kappa shape index (κ3) is 1.12. The number of aliphatic hydroxyl groups is 1. The van der Waals surface area contributed by atoms with Crippen LogP contribution in [0.15, 0.2) is 0 Å². The SMILES string of the molecule is CC1CN[C@H](C(=O)O)[C@H]1O. The molecule has 4 heteroatoms. The Balaban J connectivity index is 2.57. The van der Waals surface area contributed by atoms with Crippen molar-refractivity contribution in [1.82, 2.24) is 5.32 Å². The molecular formula is C6H11NO3. The molecule has 1 fully saturated rings. The maximum Gasteiger partial charge on any atom is 0.323 e. The fourth-order valence-electron chi connectivity index (χ4n) is 1.12. The number of carbonyl (C=O) groups is 1. The third-order valence-electron chi connectivity index (χ3n) is 1.85. The number of carboxylic acid groups (broad SMARTS) is 1. The van der Waals surface area contributed by atoms with Crippen molar-refractivity contribution in [1.29, 1.82) is 0 Å². The number of hydrogen-bond acceptors (Lipinski definition) is 3. The van der Waals surface area contributed by atoms with Crippen LogP contribution in [-0.2, 0) is 4.79 Å². The largest absolute Gasteiger partial charge is 0.480 e. The molecule has 4 nitrogen and oxygen atoms in total. The number of aliphatic hydroxyl groups excluding tert-OH is 1. The van der Waals surface area contributed by atoms with Crippen LogP contribution in [-0.4, -0.2) is 34.9 Å². The molecule has 1 rings (SSSR count). The van der Waals surface area contributed by atoms with Gasteiger partial charge in [0.05, 0.1) is 6.10 Å². The van der Waals surface area contributed by atoms with Crippen molar-refractivity contribution in [3.05, 3.63) is 0 Å². The van der Waals surface area contributed by atoms with Gasteiger partial charge in [0.25, 0.3) is 0 Å². The molecule has 3 N–H and O–H groups in total. The van der Waals surface area contributed by atoms with Crippen molar-refractivity contribution in [3.63, 3.8) is 0 Å². The standard InChI is InChI=1S/C6H11NO3/c1-3-2-7-4(5(3)8)6(9)10/h3-5,7-8H,2H2,1H3,(H,9,10)/t3?,4-,5-/m0/s1. The molecule has 1 heterocycles. The second-order valence-electron chi connectivity index (χ2n) is 2.69. The van der Waals surface area contributed by atoms with E-state index >= 15 is 0 Å². The first-order valence-corrected chi connectivity index (χ1v) is 3.27. The first kappa shape index (κ1) is 7.50. The van der Waals surface area contributed by atoms with Crippen molar-refractivity contribution >= 4 is 5.97 Å². The topological polar surface area (TPSA) is 69.6 Å². The summed E-state index contributed by atoms with van der Waals surface area (Å²) >= 11 is 0. The van der Waals surface area contributed by atoms with Gasteiger partial charge in [0.2, 0.25) is 0 Å². The van der Waals surface area contributed by atoms with E-state index in [1.165, 1.54) is 0 Å². The van der Waals surface area contributed by atoms with Gasteiger partial charge in [0.15, 0.2) is 0 Å². The Morgan fingerprint density at radius 1 is 1.70 bits per heavy atom. The Kier molecular flexibility index (Phi) is 1.92. The van der Waals surface area contributed by atoms with Crippen LogP contribution in [0, 0.1) is 5.92 Å². The average Bonchev–Trinajstić information content (AvgIpc) is 2.14. The van der Waals surface area contributed by atoms with Crippen LogP contribution in [0.25, 0.3) is 0 Å². The highest BCUT2D eigenvalue weighted by molar-refractivity contribution is 5.74. The van der Waals surface area contributed by atoms with E-state index < -0.39 is 18.1 Å². The summed E-state index contributed by atoms with van der Waals surface area (Å²) in [5, 5.41) is 20.4. The molecule has 0 radical (unpaired) electrons. The van der Waals surface area contributed by atoms with Gasteiger partial charge in [-0.3, -0.25) is 4.79 Å². The zero-order valence-electron chi connectivity index (χ0n) is 5.74. The number of aliphatic carboxylic acids is 1. The second kappa shape index (κ2) is 2.56. The summed E-state index contributed by atoms with van der Waals surface area (Å²) in [6, 6.07) is -0.769. The van der Waals surface area contributed by atoms with Gasteiger partial charge in [-0.2, -0.15) is 0 Å². The van der Waals surface area contributed by atoms with Crippen LogP contribution in [0.1, 0.15) is 6.92 Å². The molecule has 1 aliphatic rings. The van der Waals surface area contributed by atoms with Gasteiger partial charge in [-0.1, -0.05) is 6.92 Å². The number of carboxylic acids is 1. The van der Waals surface area contributed by atoms with E-state index in [2.05, 4.69) is 5.32 Å². The third-order valence-corrected chi connectivity index (χ3v) is 1.85. The zero-order chi connectivity index (χ0) is 7.72. The van der Waals surface area contributed by atoms with Crippen molar-refractivity contribution in [2.45, 2.75) is 19.1 Å². The summed E-state index contributed by atoms with van der Waals surface area (Å²) in [4.78, 5) is 10.3. The van der Waals surface area contributed by atoms with Crippen LogP contribution in [0.2, 0.25) is 0 Å². The van der Waals surface area contributed by atoms with Gasteiger partial charge in [-0.15, -0.1) is 0 Å². The summed E-state index contributed by atoms with van der Waals surface area (Å²) in [6.07, 6.45) is -0.738. The maximum atomic E-state index is 10.3. The van der Waals surface area contributed by atoms with E-state index in [0.29, 0.717) is 6.54 Å². The Hall–Kier alpha value is -0.610. The van der Waals surface area contributed by atoms with Gasteiger partial charge < -0.3 is 15.5 Å². The molecule has 0 aromatic rings. The lowest BCUT2D eigenvalue weighted by atomic mass is 10.0. The Morgan fingerprint density at radius 3 is 2.50 bits per heavy atom. The molecule has 0 aromatic carbocycles. The lowest BCUT2D eigenvalue weighted by Gasteiger charge is -2.10. The minimum atomic E-state index is -0.975. The van der Waals surface area contributed by atoms with Gasteiger partial charge in [-0.05, 0) is 5.92 Å². The predicted molar refractivity (Wildman–Crippen MR) is 34.6 cm³/mol. The molecular weight excluding hydrogens is 134 g/mol. The minimum absolute atomic E-state index is 0.0427. The number of nitrogens with one attached hydrogen (secondary N) is 1. The highest BCUT2D eigenvalue weighted by atomic mass is 16.4. The van der Waals surface area contributed by atoms with Gasteiger partial charge in [-0.25, -0.2) is 0 Å². The summed E-state index contributed by atoms with van der Waals surface area (Å²) < 4.78 is 0. The quantitative estimate of drug-likeness (QED) is 0.444. The fraction of sp³-hybridized carbons (Fsp3) is 0.833. The van der Waals surface area contributed by atoms with Crippen LogP contribution < -0.4 is 5.32 Å². The Morgan fingerprint density at radius 2 is 2.30 bits per heavy atom. The number of hydrogen-bond donors (Lipinski definition) is 3. The molecule has 1 aliphatic heterocycles. The predicted octanol–water partition coefficient (Wildman–Crippen LogP) is -0.960. The van der Waals surface area contributed by atoms with Gasteiger partial charge in [0, 0.05) is 6.54 Å². The van der Waals surface area contributed by atoms with Gasteiger partial charge in [0.1, 0.15) is 6.04 Å². The molecule has 0 amide bonds. The summed E-state index contributed by atoms with van der Waals surface area (Å²) in [7, 11) is 0. The average molecular weight is 145 g/mol. The Labute approximate surface area is 58.9 Å². The summed E-state index contributed by atoms with van der Waals surface area (Å²) in [5.41, 5.74) is 0. The van der Waals surface area contributed by atoms with Gasteiger partial charge >= 0.3 is 5.97 Å². The second-order valence-corrected chi connectivity index (χ2v) is 2.69. The van der Waals surface area contributed by atoms with Crippen LogP contribution in [0.4, 0.5) is 0 Å². The van der Waals surface area contributed by atoms with E-state index in [-0.39, 0.29) is 5.92 Å². The lowest BCUT2D eigenvalue weighted by molar-refractivity contribution is -0.141. The highest BCUT2D eigenvalue weighted by Crippen LogP contribution is 2.13. The molecule has 0 bridgehead atoms. The highest BCUT2D eigenvalue weighted by Gasteiger charge is 2.35.